The Bertz CT molecular complexity index is 1380. The third-order valence-electron chi connectivity index (χ3n) is 8.07. The van der Waals surface area contributed by atoms with Crippen LogP contribution in [0.25, 0.3) is 0 Å². The summed E-state index contributed by atoms with van der Waals surface area (Å²) in [6.45, 7) is 6.90. The molecule has 4 heterocycles. The number of aliphatic hydroxyl groups excluding tert-OH is 1. The molecule has 2 aromatic rings. The predicted octanol–water partition coefficient (Wildman–Crippen LogP) is -0.503. The van der Waals surface area contributed by atoms with E-state index in [1.165, 1.54) is 22.6 Å². The molecule has 2 N–H and O–H groups in total. The van der Waals surface area contributed by atoms with Crippen LogP contribution in [0.5, 0.6) is 0 Å². The number of nitrogens with one attached hydrogen (secondary N) is 1. The highest BCUT2D eigenvalue weighted by Gasteiger charge is 2.46. The average Bonchev–Trinajstić information content (AvgIpc) is 3.23. The Hall–Kier alpha value is -3.48. The summed E-state index contributed by atoms with van der Waals surface area (Å²) in [5.74, 6) is 0.303. The summed E-state index contributed by atoms with van der Waals surface area (Å²) in [6.07, 6.45) is 3.94. The number of aromatic nitrogens is 5. The van der Waals surface area contributed by atoms with Crippen LogP contribution in [0.1, 0.15) is 64.1 Å². The van der Waals surface area contributed by atoms with E-state index in [4.69, 9.17) is 0 Å². The maximum atomic E-state index is 13.9. The van der Waals surface area contributed by atoms with Crippen molar-refractivity contribution in [3.05, 3.63) is 38.8 Å². The molecule has 1 aliphatic carbocycles. The molecule has 2 saturated heterocycles. The number of anilines is 1. The van der Waals surface area contributed by atoms with Gasteiger partial charge in [0.25, 0.3) is 5.56 Å². The number of carbonyl (C=O) groups excluding carboxylic acids is 2. The third-order valence-corrected chi connectivity index (χ3v) is 8.07. The Balaban J connectivity index is 1.30. The first-order valence-electron chi connectivity index (χ1n) is 13.6. The fourth-order valence-electron chi connectivity index (χ4n) is 5.73. The first-order valence-corrected chi connectivity index (χ1v) is 13.6. The van der Waals surface area contributed by atoms with Crippen molar-refractivity contribution in [1.29, 1.82) is 0 Å². The first kappa shape index (κ1) is 27.1. The second kappa shape index (κ2) is 9.92. The summed E-state index contributed by atoms with van der Waals surface area (Å²) < 4.78 is 4.08. The van der Waals surface area contributed by atoms with Gasteiger partial charge in [-0.2, -0.15) is 0 Å². The summed E-state index contributed by atoms with van der Waals surface area (Å²) in [4.78, 5) is 55.3. The summed E-state index contributed by atoms with van der Waals surface area (Å²) in [7, 11) is 3.05. The molecule has 0 aromatic carbocycles. The zero-order valence-corrected chi connectivity index (χ0v) is 23.2. The van der Waals surface area contributed by atoms with Crippen molar-refractivity contribution in [2.45, 2.75) is 76.6 Å². The van der Waals surface area contributed by atoms with Gasteiger partial charge in [-0.1, -0.05) is 26.0 Å². The molecule has 39 heavy (non-hydrogen) atoms. The fourth-order valence-corrected chi connectivity index (χ4v) is 5.73. The number of amides is 2. The Labute approximate surface area is 226 Å². The molecule has 2 amide bonds. The number of nitrogens with zero attached hydrogens (tertiary/aromatic N) is 7. The normalized spacial score (nSPS) is 24.3. The molecular weight excluding hydrogens is 504 g/mol. The van der Waals surface area contributed by atoms with Crippen LogP contribution in [0.3, 0.4) is 0 Å². The Morgan fingerprint density at radius 1 is 1.10 bits per heavy atom. The highest BCUT2D eigenvalue weighted by Crippen LogP contribution is 2.40. The molecule has 0 bridgehead atoms. The molecule has 0 spiro atoms. The second-order valence-corrected chi connectivity index (χ2v) is 12.2. The van der Waals surface area contributed by atoms with Crippen molar-refractivity contribution in [2.24, 2.45) is 19.5 Å². The number of aliphatic hydroxyl groups is 1. The molecule has 1 saturated carbocycles. The number of rotatable bonds is 6. The maximum absolute atomic E-state index is 13.9. The van der Waals surface area contributed by atoms with Crippen molar-refractivity contribution in [1.82, 2.24) is 34.3 Å². The lowest BCUT2D eigenvalue weighted by Gasteiger charge is -2.34. The zero-order valence-electron chi connectivity index (χ0n) is 23.2. The summed E-state index contributed by atoms with van der Waals surface area (Å²) in [5.41, 5.74) is -0.425. The van der Waals surface area contributed by atoms with E-state index >= 15 is 0 Å². The van der Waals surface area contributed by atoms with Crippen LogP contribution in [0, 0.1) is 5.41 Å². The average molecular weight is 543 g/mol. The van der Waals surface area contributed by atoms with Gasteiger partial charge in [0, 0.05) is 64.4 Å². The topological polar surface area (TPSA) is 148 Å². The number of hydrogen-bond donors (Lipinski definition) is 2. The lowest BCUT2D eigenvalue weighted by molar-refractivity contribution is -0.144. The van der Waals surface area contributed by atoms with Gasteiger partial charge in [0.05, 0.1) is 11.8 Å². The van der Waals surface area contributed by atoms with Gasteiger partial charge in [-0.15, -0.1) is 5.10 Å². The van der Waals surface area contributed by atoms with Crippen LogP contribution < -0.4 is 21.5 Å². The number of likely N-dealkylation sites (tertiary alicyclic amines) is 1. The first-order chi connectivity index (χ1) is 18.3. The molecular formula is C26H38N8O5. The molecule has 0 unspecified atom stereocenters. The van der Waals surface area contributed by atoms with Gasteiger partial charge >= 0.3 is 5.69 Å². The van der Waals surface area contributed by atoms with E-state index in [0.29, 0.717) is 31.2 Å². The fraction of sp³-hybridized carbons (Fsp3) is 0.692. The predicted molar refractivity (Wildman–Crippen MR) is 142 cm³/mol. The van der Waals surface area contributed by atoms with E-state index in [9.17, 15) is 24.3 Å². The van der Waals surface area contributed by atoms with Crippen LogP contribution in [0.2, 0.25) is 0 Å². The van der Waals surface area contributed by atoms with Gasteiger partial charge in [0.2, 0.25) is 11.8 Å². The van der Waals surface area contributed by atoms with E-state index in [-0.39, 0.29) is 36.4 Å². The van der Waals surface area contributed by atoms with Crippen LogP contribution >= 0.6 is 0 Å². The van der Waals surface area contributed by atoms with E-state index in [2.05, 4.69) is 15.6 Å². The molecule has 13 nitrogen and oxygen atoms in total. The van der Waals surface area contributed by atoms with Gasteiger partial charge in [-0.05, 0) is 24.7 Å². The van der Waals surface area contributed by atoms with Crippen LogP contribution in [-0.4, -0.2) is 83.8 Å². The van der Waals surface area contributed by atoms with Crippen molar-refractivity contribution in [3.8, 4) is 0 Å². The van der Waals surface area contributed by atoms with E-state index < -0.39 is 29.3 Å². The smallest absolute Gasteiger partial charge is 0.332 e. The molecule has 3 aliphatic rings. The molecule has 0 radical (unpaired) electrons. The minimum absolute atomic E-state index is 0.0693. The number of β-amino-alcohol motifs (C(OH)–C–C–N with tert-alkyl or cyclic N) is 1. The molecule has 2 aliphatic heterocycles. The van der Waals surface area contributed by atoms with Gasteiger partial charge < -0.3 is 20.2 Å². The van der Waals surface area contributed by atoms with Crippen LogP contribution in [-0.2, 0) is 23.7 Å². The minimum atomic E-state index is -0.814. The minimum Gasteiger partial charge on any atom is -0.391 e. The van der Waals surface area contributed by atoms with Gasteiger partial charge in [-0.3, -0.25) is 23.5 Å². The van der Waals surface area contributed by atoms with Crippen molar-refractivity contribution < 1.29 is 14.7 Å². The Morgan fingerprint density at radius 2 is 1.82 bits per heavy atom. The lowest BCUT2D eigenvalue weighted by Crippen LogP contribution is -2.52. The van der Waals surface area contributed by atoms with E-state index in [1.54, 1.807) is 11.7 Å². The van der Waals surface area contributed by atoms with E-state index in [0.717, 1.165) is 23.1 Å². The third kappa shape index (κ3) is 5.23. The SMILES string of the molecule is Cn1c(N2CC[C@@H](NC(=O)[C@@H]3C[C@@H](O)CN3C(=O)[C@@H](n3cc(C4CC4)nn3)C(C)(C)C)C2)cc(=O)n(C)c1=O. The standard InChI is InChI=1S/C26H38N8O5/c1-26(2,3)22(34-14-18(28-29-34)15-6-7-15)24(38)33-13-17(35)10-19(33)23(37)27-16-8-9-32(12-16)20-11-21(36)31(5)25(39)30(20)4/h11,14-17,19,22,35H,6-10,12-13H2,1-5H3,(H,27,37)/t16-,17-,19+,22-/m1/s1. The van der Waals surface area contributed by atoms with Gasteiger partial charge in [-0.25, -0.2) is 9.48 Å². The van der Waals surface area contributed by atoms with Crippen molar-refractivity contribution >= 4 is 17.6 Å². The lowest BCUT2D eigenvalue weighted by atomic mass is 9.85. The quantitative estimate of drug-likeness (QED) is 0.496. The van der Waals surface area contributed by atoms with Crippen LogP contribution in [0.15, 0.2) is 21.9 Å². The number of carbonyl (C=O) groups is 2. The summed E-state index contributed by atoms with van der Waals surface area (Å²) in [5, 5.41) is 22.1. The molecule has 5 rings (SSSR count). The summed E-state index contributed by atoms with van der Waals surface area (Å²) in [6, 6.07) is -0.306. The molecule has 13 heteroatoms. The molecule has 2 aromatic heterocycles. The molecule has 212 valence electrons. The van der Waals surface area contributed by atoms with Crippen molar-refractivity contribution in [3.63, 3.8) is 0 Å². The van der Waals surface area contributed by atoms with Gasteiger partial charge in [0.15, 0.2) is 0 Å². The Morgan fingerprint density at radius 3 is 2.49 bits per heavy atom. The van der Waals surface area contributed by atoms with Crippen LogP contribution in [0.4, 0.5) is 5.82 Å². The monoisotopic (exact) mass is 542 g/mol. The maximum Gasteiger partial charge on any atom is 0.332 e. The van der Waals surface area contributed by atoms with Gasteiger partial charge in [0.1, 0.15) is 17.9 Å². The highest BCUT2D eigenvalue weighted by atomic mass is 16.3. The largest absolute Gasteiger partial charge is 0.391 e. The van der Waals surface area contributed by atoms with E-state index in [1.807, 2.05) is 31.9 Å². The molecule has 4 atom stereocenters. The number of hydrogen-bond acceptors (Lipinski definition) is 8. The zero-order chi connectivity index (χ0) is 28.2. The van der Waals surface area contributed by atoms with Crippen molar-refractivity contribution in [2.75, 3.05) is 24.5 Å². The highest BCUT2D eigenvalue weighted by molar-refractivity contribution is 5.90. The Kier molecular flexibility index (Phi) is 6.90. The second-order valence-electron chi connectivity index (χ2n) is 12.2. The summed E-state index contributed by atoms with van der Waals surface area (Å²) >= 11 is 0. The molecule has 3 fully saturated rings.